The Bertz CT molecular complexity index is 756. The lowest BCUT2D eigenvalue weighted by molar-refractivity contribution is -0.146. The number of amides is 2. The third kappa shape index (κ3) is 3.16. The molecule has 0 heterocycles. The van der Waals surface area contributed by atoms with Gasteiger partial charge in [-0.3, -0.25) is 14.4 Å². The zero-order chi connectivity index (χ0) is 18.1. The number of rotatable bonds is 5. The molecule has 0 saturated heterocycles. The highest BCUT2D eigenvalue weighted by Crippen LogP contribution is 2.48. The highest BCUT2D eigenvalue weighted by atomic mass is 16.4. The minimum absolute atomic E-state index is 0.0130. The van der Waals surface area contributed by atoms with Crippen LogP contribution in [0.3, 0.4) is 0 Å². The number of carbonyl (C=O) groups is 3. The molecule has 1 fully saturated rings. The van der Waals surface area contributed by atoms with Crippen LogP contribution in [0.2, 0.25) is 0 Å². The summed E-state index contributed by atoms with van der Waals surface area (Å²) in [5.74, 6) is -2.62. The van der Waals surface area contributed by atoms with E-state index >= 15 is 0 Å². The predicted molar refractivity (Wildman–Crippen MR) is 93.2 cm³/mol. The molecule has 1 saturated carbocycles. The Morgan fingerprint density at radius 3 is 2.44 bits per heavy atom. The standard InChI is InChI=1S/C19H22N2O4/c1-3-20-17(22)13-6-7-14(10(2)8-13)21-18(23)15-11-4-5-12(9-11)16(15)19(24)25/h4-8,11-12,15-16H,3,9H2,1-2H3,(H,20,22)(H,21,23)(H,24,25)/t11-,12-,15+,16-/m0/s1. The van der Waals surface area contributed by atoms with Crippen molar-refractivity contribution in [2.24, 2.45) is 23.7 Å². The second kappa shape index (κ2) is 6.70. The first-order valence-corrected chi connectivity index (χ1v) is 8.53. The Kier molecular flexibility index (Phi) is 4.61. The number of aliphatic carboxylic acids is 1. The van der Waals surface area contributed by atoms with Crippen molar-refractivity contribution >= 4 is 23.5 Å². The van der Waals surface area contributed by atoms with Crippen molar-refractivity contribution in [2.45, 2.75) is 20.3 Å². The summed E-state index contributed by atoms with van der Waals surface area (Å²) in [7, 11) is 0. The molecule has 25 heavy (non-hydrogen) atoms. The molecular formula is C19H22N2O4. The number of fused-ring (bicyclic) bond motifs is 2. The molecule has 0 aromatic heterocycles. The van der Waals surface area contributed by atoms with Gasteiger partial charge in [-0.2, -0.15) is 0 Å². The number of benzene rings is 1. The minimum atomic E-state index is -0.916. The quantitative estimate of drug-likeness (QED) is 0.715. The smallest absolute Gasteiger partial charge is 0.307 e. The number of carbonyl (C=O) groups excluding carboxylic acids is 2. The van der Waals surface area contributed by atoms with Gasteiger partial charge in [0, 0.05) is 17.8 Å². The van der Waals surface area contributed by atoms with Crippen LogP contribution in [0.1, 0.15) is 29.3 Å². The van der Waals surface area contributed by atoms with Crippen LogP contribution in [-0.2, 0) is 9.59 Å². The summed E-state index contributed by atoms with van der Waals surface area (Å²) < 4.78 is 0. The van der Waals surface area contributed by atoms with Crippen LogP contribution in [0.25, 0.3) is 0 Å². The van der Waals surface area contributed by atoms with Gasteiger partial charge in [0.2, 0.25) is 5.91 Å². The summed E-state index contributed by atoms with van der Waals surface area (Å²) in [6.07, 6.45) is 4.60. The molecule has 1 aromatic rings. The van der Waals surface area contributed by atoms with Crippen LogP contribution in [0.15, 0.2) is 30.4 Å². The van der Waals surface area contributed by atoms with Gasteiger partial charge in [0.1, 0.15) is 0 Å². The Morgan fingerprint density at radius 2 is 1.84 bits per heavy atom. The average molecular weight is 342 g/mol. The van der Waals surface area contributed by atoms with Gasteiger partial charge >= 0.3 is 5.97 Å². The van der Waals surface area contributed by atoms with E-state index in [1.54, 1.807) is 18.2 Å². The monoisotopic (exact) mass is 342 g/mol. The van der Waals surface area contributed by atoms with E-state index in [0.717, 1.165) is 12.0 Å². The van der Waals surface area contributed by atoms with E-state index in [0.29, 0.717) is 17.8 Å². The molecular weight excluding hydrogens is 320 g/mol. The van der Waals surface area contributed by atoms with Crippen LogP contribution in [0.4, 0.5) is 5.69 Å². The third-order valence-electron chi connectivity index (χ3n) is 5.13. The van der Waals surface area contributed by atoms with E-state index in [9.17, 15) is 19.5 Å². The average Bonchev–Trinajstić information content (AvgIpc) is 3.17. The van der Waals surface area contributed by atoms with Gasteiger partial charge in [0.05, 0.1) is 11.8 Å². The zero-order valence-corrected chi connectivity index (χ0v) is 14.3. The van der Waals surface area contributed by atoms with Crippen LogP contribution >= 0.6 is 0 Å². The summed E-state index contributed by atoms with van der Waals surface area (Å²) in [5.41, 5.74) is 1.90. The lowest BCUT2D eigenvalue weighted by Gasteiger charge is -2.24. The van der Waals surface area contributed by atoms with E-state index in [2.05, 4.69) is 10.6 Å². The second-order valence-electron chi connectivity index (χ2n) is 6.72. The Labute approximate surface area is 146 Å². The Balaban J connectivity index is 1.76. The zero-order valence-electron chi connectivity index (χ0n) is 14.3. The molecule has 0 spiro atoms. The number of carboxylic acid groups (broad SMARTS) is 1. The normalized spacial score (nSPS) is 26.5. The lowest BCUT2D eigenvalue weighted by Crippen LogP contribution is -2.36. The van der Waals surface area contributed by atoms with Crippen molar-refractivity contribution in [1.29, 1.82) is 0 Å². The van der Waals surface area contributed by atoms with Crippen LogP contribution in [0.5, 0.6) is 0 Å². The molecule has 4 atom stereocenters. The topological polar surface area (TPSA) is 95.5 Å². The fraction of sp³-hybridized carbons (Fsp3) is 0.421. The van der Waals surface area contributed by atoms with Crippen molar-refractivity contribution < 1.29 is 19.5 Å². The number of hydrogen-bond donors (Lipinski definition) is 3. The molecule has 2 aliphatic rings. The van der Waals surface area contributed by atoms with Gasteiger partial charge < -0.3 is 15.7 Å². The molecule has 3 N–H and O–H groups in total. The second-order valence-corrected chi connectivity index (χ2v) is 6.72. The number of nitrogens with one attached hydrogen (secondary N) is 2. The maximum atomic E-state index is 12.7. The fourth-order valence-corrected chi connectivity index (χ4v) is 3.94. The fourth-order valence-electron chi connectivity index (χ4n) is 3.94. The summed E-state index contributed by atoms with van der Waals surface area (Å²) in [5, 5.41) is 15.0. The van der Waals surface area contributed by atoms with Crippen LogP contribution in [-0.4, -0.2) is 29.4 Å². The first-order valence-electron chi connectivity index (χ1n) is 8.53. The molecule has 6 nitrogen and oxygen atoms in total. The number of carboxylic acids is 1. The molecule has 6 heteroatoms. The number of allylic oxidation sites excluding steroid dienone is 2. The van der Waals surface area contributed by atoms with Crippen LogP contribution < -0.4 is 10.6 Å². The Morgan fingerprint density at radius 1 is 1.16 bits per heavy atom. The van der Waals surface area contributed by atoms with E-state index in [1.807, 2.05) is 26.0 Å². The summed E-state index contributed by atoms with van der Waals surface area (Å²) in [4.78, 5) is 36.1. The van der Waals surface area contributed by atoms with Crippen molar-refractivity contribution in [1.82, 2.24) is 5.32 Å². The maximum absolute atomic E-state index is 12.7. The highest BCUT2D eigenvalue weighted by molar-refractivity contribution is 5.98. The molecule has 0 radical (unpaired) electrons. The van der Waals surface area contributed by atoms with E-state index in [-0.39, 0.29) is 23.7 Å². The van der Waals surface area contributed by atoms with Gasteiger partial charge in [0.15, 0.2) is 0 Å². The molecule has 1 aromatic carbocycles. The Hall–Kier alpha value is -2.63. The van der Waals surface area contributed by atoms with E-state index in [1.165, 1.54) is 0 Å². The molecule has 2 amide bonds. The number of aryl methyl sites for hydroxylation is 1. The summed E-state index contributed by atoms with van der Waals surface area (Å²) >= 11 is 0. The molecule has 0 aliphatic heterocycles. The maximum Gasteiger partial charge on any atom is 0.307 e. The highest BCUT2D eigenvalue weighted by Gasteiger charge is 2.51. The first kappa shape index (κ1) is 17.2. The molecule has 0 unspecified atom stereocenters. The summed E-state index contributed by atoms with van der Waals surface area (Å²) in [6.45, 7) is 4.21. The minimum Gasteiger partial charge on any atom is -0.481 e. The van der Waals surface area contributed by atoms with Crippen molar-refractivity contribution in [3.63, 3.8) is 0 Å². The van der Waals surface area contributed by atoms with E-state index < -0.39 is 17.8 Å². The largest absolute Gasteiger partial charge is 0.481 e. The van der Waals surface area contributed by atoms with Crippen molar-refractivity contribution in [3.05, 3.63) is 41.5 Å². The van der Waals surface area contributed by atoms with Gasteiger partial charge in [-0.05, 0) is 55.9 Å². The predicted octanol–water partition coefficient (Wildman–Crippen LogP) is 2.21. The summed E-state index contributed by atoms with van der Waals surface area (Å²) in [6, 6.07) is 5.07. The van der Waals surface area contributed by atoms with Gasteiger partial charge in [-0.1, -0.05) is 12.2 Å². The third-order valence-corrected chi connectivity index (χ3v) is 5.13. The van der Waals surface area contributed by atoms with E-state index in [4.69, 9.17) is 0 Å². The van der Waals surface area contributed by atoms with Crippen molar-refractivity contribution in [2.75, 3.05) is 11.9 Å². The number of hydrogen-bond acceptors (Lipinski definition) is 3. The molecule has 2 aliphatic carbocycles. The molecule has 2 bridgehead atoms. The molecule has 3 rings (SSSR count). The van der Waals surface area contributed by atoms with Crippen molar-refractivity contribution in [3.8, 4) is 0 Å². The lowest BCUT2D eigenvalue weighted by atomic mass is 9.82. The van der Waals surface area contributed by atoms with Gasteiger partial charge in [0.25, 0.3) is 5.91 Å². The SMILES string of the molecule is CCNC(=O)c1ccc(NC(=O)[C@H]2[C@@H](C(=O)O)[C@H]3C=C[C@H]2C3)c(C)c1. The first-order chi connectivity index (χ1) is 11.9. The molecule has 132 valence electrons. The van der Waals surface area contributed by atoms with Crippen LogP contribution in [0, 0.1) is 30.6 Å². The van der Waals surface area contributed by atoms with Gasteiger partial charge in [-0.25, -0.2) is 0 Å². The van der Waals surface area contributed by atoms with Gasteiger partial charge in [-0.15, -0.1) is 0 Å². The number of anilines is 1.